The van der Waals surface area contributed by atoms with Gasteiger partial charge in [0, 0.05) is 0 Å². The Morgan fingerprint density at radius 1 is 0.769 bits per heavy atom. The highest BCUT2D eigenvalue weighted by molar-refractivity contribution is 4.89. The summed E-state index contributed by atoms with van der Waals surface area (Å²) in [4.78, 5) is 0. The van der Waals surface area contributed by atoms with Gasteiger partial charge in [0.05, 0.1) is 12.2 Å². The third kappa shape index (κ3) is 3.15. The second-order valence-electron chi connectivity index (χ2n) is 4.25. The van der Waals surface area contributed by atoms with E-state index >= 15 is 0 Å². The van der Waals surface area contributed by atoms with Gasteiger partial charge in [-0.2, -0.15) is 0 Å². The standard InChI is InChI=1S/C12H20O/c1-2-4-6-8-10-12-11(13-12)9-7-5-3-1/h3,5,11-12H,1-2,4,6-10H2/b5-3+. The van der Waals surface area contributed by atoms with E-state index in [0.29, 0.717) is 12.2 Å². The zero-order chi connectivity index (χ0) is 8.93. The van der Waals surface area contributed by atoms with Crippen molar-refractivity contribution in [1.29, 1.82) is 0 Å². The van der Waals surface area contributed by atoms with Crippen molar-refractivity contribution in [1.82, 2.24) is 0 Å². The summed E-state index contributed by atoms with van der Waals surface area (Å²) >= 11 is 0. The largest absolute Gasteiger partial charge is 0.370 e. The minimum Gasteiger partial charge on any atom is -0.370 e. The summed E-state index contributed by atoms with van der Waals surface area (Å²) in [6, 6.07) is 0. The number of rotatable bonds is 0. The van der Waals surface area contributed by atoms with E-state index in [9.17, 15) is 0 Å². The van der Waals surface area contributed by atoms with Gasteiger partial charge in [0.25, 0.3) is 0 Å². The first-order valence-electron chi connectivity index (χ1n) is 5.77. The van der Waals surface area contributed by atoms with Crippen LogP contribution in [0.2, 0.25) is 0 Å². The SMILES string of the molecule is C1=C/CCC2OC2CCCCCC/1. The maximum atomic E-state index is 5.60. The van der Waals surface area contributed by atoms with E-state index in [1.807, 2.05) is 0 Å². The molecule has 1 heterocycles. The topological polar surface area (TPSA) is 12.5 Å². The van der Waals surface area contributed by atoms with Gasteiger partial charge in [0.15, 0.2) is 0 Å². The lowest BCUT2D eigenvalue weighted by Crippen LogP contribution is -1.94. The van der Waals surface area contributed by atoms with E-state index < -0.39 is 0 Å². The minimum atomic E-state index is 0.615. The maximum Gasteiger partial charge on any atom is 0.0844 e. The Morgan fingerprint density at radius 2 is 1.54 bits per heavy atom. The number of epoxide rings is 1. The van der Waals surface area contributed by atoms with Gasteiger partial charge in [-0.1, -0.05) is 31.4 Å². The molecule has 2 aliphatic rings. The molecule has 0 aromatic heterocycles. The number of hydrogen-bond donors (Lipinski definition) is 0. The van der Waals surface area contributed by atoms with Crippen molar-refractivity contribution in [3.05, 3.63) is 12.2 Å². The highest BCUT2D eigenvalue weighted by atomic mass is 16.6. The molecule has 1 nitrogen and oxygen atoms in total. The van der Waals surface area contributed by atoms with Crippen LogP contribution in [0.4, 0.5) is 0 Å². The highest BCUT2D eigenvalue weighted by Gasteiger charge is 2.36. The molecule has 0 N–H and O–H groups in total. The molecular formula is C12H20O. The fourth-order valence-corrected chi connectivity index (χ4v) is 2.14. The lowest BCUT2D eigenvalue weighted by molar-refractivity contribution is 0.352. The molecular weight excluding hydrogens is 160 g/mol. The molecule has 0 aromatic rings. The molecule has 1 fully saturated rings. The molecule has 0 saturated carbocycles. The molecule has 0 bridgehead atoms. The smallest absolute Gasteiger partial charge is 0.0844 e. The first kappa shape index (κ1) is 9.26. The maximum absolute atomic E-state index is 5.60. The van der Waals surface area contributed by atoms with Crippen molar-refractivity contribution in [3.63, 3.8) is 0 Å². The lowest BCUT2D eigenvalue weighted by atomic mass is 10.0. The average molecular weight is 180 g/mol. The molecule has 1 aliphatic heterocycles. The fourth-order valence-electron chi connectivity index (χ4n) is 2.14. The van der Waals surface area contributed by atoms with Crippen molar-refractivity contribution in [2.24, 2.45) is 0 Å². The summed E-state index contributed by atoms with van der Waals surface area (Å²) < 4.78 is 5.60. The number of ether oxygens (including phenoxy) is 1. The van der Waals surface area contributed by atoms with E-state index in [4.69, 9.17) is 4.74 Å². The van der Waals surface area contributed by atoms with Gasteiger partial charge in [-0.3, -0.25) is 0 Å². The van der Waals surface area contributed by atoms with Crippen molar-refractivity contribution in [3.8, 4) is 0 Å². The second-order valence-corrected chi connectivity index (χ2v) is 4.25. The molecule has 2 unspecified atom stereocenters. The van der Waals surface area contributed by atoms with Gasteiger partial charge in [-0.25, -0.2) is 0 Å². The molecule has 1 saturated heterocycles. The number of allylic oxidation sites excluding steroid dienone is 2. The second kappa shape index (κ2) is 4.80. The van der Waals surface area contributed by atoms with Gasteiger partial charge >= 0.3 is 0 Å². The molecule has 0 radical (unpaired) electrons. The van der Waals surface area contributed by atoms with Crippen molar-refractivity contribution in [2.45, 2.75) is 63.6 Å². The third-order valence-corrected chi connectivity index (χ3v) is 3.08. The van der Waals surface area contributed by atoms with Crippen LogP contribution in [-0.4, -0.2) is 12.2 Å². The minimum absolute atomic E-state index is 0.615. The first-order valence-corrected chi connectivity index (χ1v) is 5.77. The van der Waals surface area contributed by atoms with Gasteiger partial charge in [0.1, 0.15) is 0 Å². The van der Waals surface area contributed by atoms with Crippen LogP contribution in [0.3, 0.4) is 0 Å². The molecule has 1 heteroatoms. The molecule has 0 spiro atoms. The van der Waals surface area contributed by atoms with Gasteiger partial charge in [0.2, 0.25) is 0 Å². The van der Waals surface area contributed by atoms with E-state index in [0.717, 1.165) is 0 Å². The summed E-state index contributed by atoms with van der Waals surface area (Å²) in [6.45, 7) is 0. The molecule has 2 rings (SSSR count). The quantitative estimate of drug-likeness (QED) is 0.411. The normalized spacial score (nSPS) is 38.2. The van der Waals surface area contributed by atoms with Crippen LogP contribution in [0.25, 0.3) is 0 Å². The van der Waals surface area contributed by atoms with E-state index in [1.54, 1.807) is 0 Å². The van der Waals surface area contributed by atoms with Crippen molar-refractivity contribution in [2.75, 3.05) is 0 Å². The van der Waals surface area contributed by atoms with Crippen LogP contribution in [-0.2, 0) is 4.74 Å². The highest BCUT2D eigenvalue weighted by Crippen LogP contribution is 2.31. The Bertz CT molecular complexity index is 174. The Hall–Kier alpha value is -0.300. The molecule has 1 aliphatic carbocycles. The van der Waals surface area contributed by atoms with Crippen LogP contribution >= 0.6 is 0 Å². The van der Waals surface area contributed by atoms with E-state index in [2.05, 4.69) is 12.2 Å². The Labute approximate surface area is 81.2 Å². The summed E-state index contributed by atoms with van der Waals surface area (Å²) in [6.07, 6.45) is 16.6. The van der Waals surface area contributed by atoms with Crippen LogP contribution in [0.1, 0.15) is 51.4 Å². The fraction of sp³-hybridized carbons (Fsp3) is 0.833. The Kier molecular flexibility index (Phi) is 3.42. The molecule has 74 valence electrons. The summed E-state index contributed by atoms with van der Waals surface area (Å²) in [5.41, 5.74) is 0. The predicted octanol–water partition coefficient (Wildman–Crippen LogP) is 3.44. The summed E-state index contributed by atoms with van der Waals surface area (Å²) in [5.74, 6) is 0. The Morgan fingerprint density at radius 3 is 2.54 bits per heavy atom. The third-order valence-electron chi connectivity index (χ3n) is 3.08. The molecule has 13 heavy (non-hydrogen) atoms. The van der Waals surface area contributed by atoms with Crippen molar-refractivity contribution < 1.29 is 4.74 Å². The van der Waals surface area contributed by atoms with Crippen LogP contribution in [0.5, 0.6) is 0 Å². The Balaban J connectivity index is 1.73. The predicted molar refractivity (Wildman–Crippen MR) is 54.7 cm³/mol. The van der Waals surface area contributed by atoms with Gasteiger partial charge < -0.3 is 4.74 Å². The van der Waals surface area contributed by atoms with E-state index in [-0.39, 0.29) is 0 Å². The monoisotopic (exact) mass is 180 g/mol. The first-order chi connectivity index (χ1) is 6.47. The van der Waals surface area contributed by atoms with Gasteiger partial charge in [-0.15, -0.1) is 0 Å². The summed E-state index contributed by atoms with van der Waals surface area (Å²) in [5, 5.41) is 0. The summed E-state index contributed by atoms with van der Waals surface area (Å²) in [7, 11) is 0. The molecule has 0 aromatic carbocycles. The zero-order valence-electron chi connectivity index (χ0n) is 8.37. The number of fused-ring (bicyclic) bond motifs is 1. The molecule has 2 atom stereocenters. The van der Waals surface area contributed by atoms with Crippen LogP contribution in [0.15, 0.2) is 12.2 Å². The number of hydrogen-bond acceptors (Lipinski definition) is 1. The van der Waals surface area contributed by atoms with Crippen LogP contribution in [0, 0.1) is 0 Å². The molecule has 0 amide bonds. The van der Waals surface area contributed by atoms with Crippen LogP contribution < -0.4 is 0 Å². The zero-order valence-corrected chi connectivity index (χ0v) is 8.37. The average Bonchev–Trinajstić information content (AvgIpc) is 2.83. The van der Waals surface area contributed by atoms with E-state index in [1.165, 1.54) is 51.4 Å². The lowest BCUT2D eigenvalue weighted by Gasteiger charge is -1.99. The van der Waals surface area contributed by atoms with Crippen molar-refractivity contribution >= 4 is 0 Å². The van der Waals surface area contributed by atoms with Gasteiger partial charge in [-0.05, 0) is 32.1 Å².